The Balaban J connectivity index is 1.62. The van der Waals surface area contributed by atoms with Crippen LogP contribution >= 0.6 is 0 Å². The number of hydrogen-bond donors (Lipinski definition) is 1. The van der Waals surface area contributed by atoms with Crippen molar-refractivity contribution in [2.24, 2.45) is 5.92 Å². The van der Waals surface area contributed by atoms with E-state index in [9.17, 15) is 9.90 Å². The zero-order chi connectivity index (χ0) is 20.3. The molecule has 0 aromatic carbocycles. The molecule has 1 atom stereocenters. The number of amides is 1. The van der Waals surface area contributed by atoms with Gasteiger partial charge in [0.1, 0.15) is 17.5 Å². The summed E-state index contributed by atoms with van der Waals surface area (Å²) in [6, 6.07) is 3.49. The first kappa shape index (κ1) is 20.1. The first-order valence-electron chi connectivity index (χ1n) is 9.27. The maximum Gasteiger partial charge on any atom is 0.410 e. The van der Waals surface area contributed by atoms with Crippen molar-refractivity contribution in [3.05, 3.63) is 24.2 Å². The quantitative estimate of drug-likeness (QED) is 0.848. The van der Waals surface area contributed by atoms with Crippen LogP contribution in [0.4, 0.5) is 4.79 Å². The monoisotopic (exact) mass is 390 g/mol. The van der Waals surface area contributed by atoms with Gasteiger partial charge in [0, 0.05) is 19.3 Å². The number of aliphatic hydroxyl groups is 1. The third-order valence-electron chi connectivity index (χ3n) is 4.52. The highest BCUT2D eigenvalue weighted by Gasteiger charge is 2.33. The Morgan fingerprint density at radius 3 is 2.68 bits per heavy atom. The number of aromatic nitrogens is 3. The zero-order valence-electron chi connectivity index (χ0n) is 16.6. The van der Waals surface area contributed by atoms with Gasteiger partial charge >= 0.3 is 6.09 Å². The van der Waals surface area contributed by atoms with Gasteiger partial charge in [0.15, 0.2) is 5.69 Å². The number of methoxy groups -OCH3 is 1. The summed E-state index contributed by atoms with van der Waals surface area (Å²) in [5, 5.41) is 18.6. The standard InChI is InChI=1S/C19H26N4O5/c1-19(2,3)28-18(25)23-10-7-12(8-11-23)15(24)17-22-21-16(27-17)14-13(26-4)6-5-9-20-14/h5-6,9,12,15,24H,7-8,10-11H2,1-4H3. The van der Waals surface area contributed by atoms with Gasteiger partial charge in [-0.15, -0.1) is 10.2 Å². The molecule has 1 N–H and O–H groups in total. The molecule has 9 heteroatoms. The van der Waals surface area contributed by atoms with Crippen molar-refractivity contribution in [1.29, 1.82) is 0 Å². The van der Waals surface area contributed by atoms with E-state index in [0.29, 0.717) is 37.4 Å². The summed E-state index contributed by atoms with van der Waals surface area (Å²) in [7, 11) is 1.53. The summed E-state index contributed by atoms with van der Waals surface area (Å²) >= 11 is 0. The van der Waals surface area contributed by atoms with E-state index in [0.717, 1.165) is 0 Å². The van der Waals surface area contributed by atoms with Crippen LogP contribution in [0.15, 0.2) is 22.7 Å². The SMILES string of the molecule is COc1cccnc1-c1nnc(C(O)C2CCN(C(=O)OC(C)(C)C)CC2)o1. The lowest BCUT2D eigenvalue weighted by Gasteiger charge is -2.34. The lowest BCUT2D eigenvalue weighted by molar-refractivity contribution is 0.00381. The molecule has 0 aliphatic carbocycles. The fourth-order valence-corrected chi connectivity index (χ4v) is 3.09. The molecular weight excluding hydrogens is 364 g/mol. The van der Waals surface area contributed by atoms with E-state index in [1.165, 1.54) is 7.11 Å². The summed E-state index contributed by atoms with van der Waals surface area (Å²) in [6.45, 7) is 6.53. The van der Waals surface area contributed by atoms with Gasteiger partial charge in [-0.3, -0.25) is 0 Å². The maximum atomic E-state index is 12.2. The number of hydrogen-bond acceptors (Lipinski definition) is 8. The molecular formula is C19H26N4O5. The Morgan fingerprint density at radius 1 is 1.32 bits per heavy atom. The van der Waals surface area contributed by atoms with Crippen molar-refractivity contribution in [3.8, 4) is 17.3 Å². The van der Waals surface area contributed by atoms with Crippen molar-refractivity contribution < 1.29 is 23.8 Å². The van der Waals surface area contributed by atoms with Crippen molar-refractivity contribution in [3.63, 3.8) is 0 Å². The summed E-state index contributed by atoms with van der Waals surface area (Å²) in [6.07, 6.45) is 1.60. The second-order valence-corrected chi connectivity index (χ2v) is 7.75. The predicted octanol–water partition coefficient (Wildman–Crippen LogP) is 2.82. The molecule has 1 fully saturated rings. The molecule has 1 unspecified atom stereocenters. The highest BCUT2D eigenvalue weighted by Crippen LogP contribution is 2.33. The van der Waals surface area contributed by atoms with Gasteiger partial charge in [-0.05, 0) is 51.7 Å². The van der Waals surface area contributed by atoms with E-state index >= 15 is 0 Å². The van der Waals surface area contributed by atoms with Crippen LogP contribution in [0.2, 0.25) is 0 Å². The van der Waals surface area contributed by atoms with E-state index in [4.69, 9.17) is 13.9 Å². The van der Waals surface area contributed by atoms with Crippen LogP contribution in [-0.2, 0) is 4.74 Å². The zero-order valence-corrected chi connectivity index (χ0v) is 16.6. The molecule has 2 aromatic heterocycles. The van der Waals surface area contributed by atoms with Crippen molar-refractivity contribution in [2.45, 2.75) is 45.3 Å². The second-order valence-electron chi connectivity index (χ2n) is 7.75. The Kier molecular flexibility index (Phi) is 5.83. The smallest absolute Gasteiger partial charge is 0.410 e. The lowest BCUT2D eigenvalue weighted by atomic mass is 9.91. The van der Waals surface area contributed by atoms with Gasteiger partial charge in [-0.1, -0.05) is 0 Å². The first-order chi connectivity index (χ1) is 13.3. The Morgan fingerprint density at radius 2 is 2.04 bits per heavy atom. The number of carbonyl (C=O) groups excluding carboxylic acids is 1. The van der Waals surface area contributed by atoms with E-state index in [1.54, 1.807) is 23.2 Å². The number of piperidine rings is 1. The van der Waals surface area contributed by atoms with E-state index < -0.39 is 11.7 Å². The molecule has 0 radical (unpaired) electrons. The normalized spacial score (nSPS) is 16.7. The van der Waals surface area contributed by atoms with Gasteiger partial charge in [0.2, 0.25) is 5.89 Å². The molecule has 0 spiro atoms. The molecule has 9 nitrogen and oxygen atoms in total. The Bertz CT molecular complexity index is 809. The summed E-state index contributed by atoms with van der Waals surface area (Å²) < 4.78 is 16.3. The minimum absolute atomic E-state index is 0.0855. The van der Waals surface area contributed by atoms with Crippen LogP contribution in [0.1, 0.15) is 45.6 Å². The highest BCUT2D eigenvalue weighted by atomic mass is 16.6. The minimum Gasteiger partial charge on any atom is -0.494 e. The Labute approximate surface area is 163 Å². The lowest BCUT2D eigenvalue weighted by Crippen LogP contribution is -2.42. The van der Waals surface area contributed by atoms with Gasteiger partial charge in [0.05, 0.1) is 7.11 Å². The highest BCUT2D eigenvalue weighted by molar-refractivity contribution is 5.68. The van der Waals surface area contributed by atoms with Gasteiger partial charge in [-0.25, -0.2) is 9.78 Å². The third-order valence-corrected chi connectivity index (χ3v) is 4.52. The topological polar surface area (TPSA) is 111 Å². The molecule has 3 rings (SSSR count). The predicted molar refractivity (Wildman–Crippen MR) is 99.6 cm³/mol. The first-order valence-corrected chi connectivity index (χ1v) is 9.27. The van der Waals surface area contributed by atoms with Gasteiger partial charge < -0.3 is 23.9 Å². The number of carbonyl (C=O) groups is 1. The van der Waals surface area contributed by atoms with Crippen LogP contribution < -0.4 is 4.74 Å². The van der Waals surface area contributed by atoms with Crippen LogP contribution in [0.25, 0.3) is 11.6 Å². The van der Waals surface area contributed by atoms with Crippen molar-refractivity contribution in [1.82, 2.24) is 20.1 Å². The Hall–Kier alpha value is -2.68. The fourth-order valence-electron chi connectivity index (χ4n) is 3.09. The number of ether oxygens (including phenoxy) is 2. The third kappa shape index (κ3) is 4.59. The molecule has 1 aliphatic heterocycles. The van der Waals surface area contributed by atoms with Crippen LogP contribution in [-0.4, -0.2) is 57.1 Å². The maximum absolute atomic E-state index is 12.2. The molecule has 1 aliphatic rings. The summed E-state index contributed by atoms with van der Waals surface area (Å²) in [5.74, 6) is 0.756. The van der Waals surface area contributed by atoms with E-state index in [2.05, 4.69) is 15.2 Å². The molecule has 1 amide bonds. The van der Waals surface area contributed by atoms with Crippen molar-refractivity contribution >= 4 is 6.09 Å². The molecule has 2 aromatic rings. The molecule has 1 saturated heterocycles. The molecule has 0 saturated carbocycles. The van der Waals surface area contributed by atoms with Crippen molar-refractivity contribution in [2.75, 3.05) is 20.2 Å². The van der Waals surface area contributed by atoms with Gasteiger partial charge in [0.25, 0.3) is 5.89 Å². The largest absolute Gasteiger partial charge is 0.494 e. The average Bonchev–Trinajstić information content (AvgIpc) is 3.16. The fraction of sp³-hybridized carbons (Fsp3) is 0.579. The number of likely N-dealkylation sites (tertiary alicyclic amines) is 1. The molecule has 0 bridgehead atoms. The minimum atomic E-state index is -0.906. The van der Waals surface area contributed by atoms with E-state index in [1.807, 2.05) is 20.8 Å². The van der Waals surface area contributed by atoms with Crippen LogP contribution in [0.3, 0.4) is 0 Å². The number of aliphatic hydroxyl groups excluding tert-OH is 1. The average molecular weight is 390 g/mol. The summed E-state index contributed by atoms with van der Waals surface area (Å²) in [4.78, 5) is 18.0. The molecule has 28 heavy (non-hydrogen) atoms. The van der Waals surface area contributed by atoms with E-state index in [-0.39, 0.29) is 23.8 Å². The van der Waals surface area contributed by atoms with Crippen LogP contribution in [0, 0.1) is 5.92 Å². The number of pyridine rings is 1. The second kappa shape index (κ2) is 8.14. The van der Waals surface area contributed by atoms with Gasteiger partial charge in [-0.2, -0.15) is 0 Å². The number of rotatable bonds is 4. The summed E-state index contributed by atoms with van der Waals surface area (Å²) in [5.41, 5.74) is -0.101. The number of nitrogens with zero attached hydrogens (tertiary/aromatic N) is 4. The van der Waals surface area contributed by atoms with Crippen LogP contribution in [0.5, 0.6) is 5.75 Å². The molecule has 3 heterocycles. The molecule has 152 valence electrons.